The Kier molecular flexibility index (Phi) is 3.98. The highest BCUT2D eigenvalue weighted by Gasteiger charge is 2.20. The van der Waals surface area contributed by atoms with E-state index in [1.54, 1.807) is 0 Å². The second-order valence-electron chi connectivity index (χ2n) is 6.74. The lowest BCUT2D eigenvalue weighted by Gasteiger charge is -2.27. The highest BCUT2D eigenvalue weighted by atomic mass is 16.1. The lowest BCUT2D eigenvalue weighted by Crippen LogP contribution is -2.36. The Labute approximate surface area is 141 Å². The van der Waals surface area contributed by atoms with Gasteiger partial charge in [-0.05, 0) is 30.5 Å². The number of fused-ring (bicyclic) bond motifs is 2. The van der Waals surface area contributed by atoms with E-state index in [9.17, 15) is 4.79 Å². The van der Waals surface area contributed by atoms with E-state index in [0.717, 1.165) is 37.6 Å². The summed E-state index contributed by atoms with van der Waals surface area (Å²) in [6.07, 6.45) is 3.25. The minimum absolute atomic E-state index is 0.115. The summed E-state index contributed by atoms with van der Waals surface area (Å²) in [7, 11) is 0. The van der Waals surface area contributed by atoms with Crippen LogP contribution in [0.2, 0.25) is 0 Å². The molecule has 4 rings (SSSR count). The molecule has 0 saturated carbocycles. The van der Waals surface area contributed by atoms with Crippen LogP contribution in [-0.2, 0) is 17.8 Å². The van der Waals surface area contributed by atoms with Gasteiger partial charge in [0.25, 0.3) is 0 Å². The Morgan fingerprint density at radius 3 is 3.21 bits per heavy atom. The van der Waals surface area contributed by atoms with Gasteiger partial charge < -0.3 is 16.0 Å². The van der Waals surface area contributed by atoms with Crippen molar-refractivity contribution >= 4 is 17.4 Å². The molecule has 0 aliphatic carbocycles. The van der Waals surface area contributed by atoms with Crippen molar-refractivity contribution in [2.24, 2.45) is 5.92 Å². The van der Waals surface area contributed by atoms with Gasteiger partial charge in [0.15, 0.2) is 0 Å². The largest absolute Gasteiger partial charge is 0.370 e. The normalized spacial score (nSPS) is 20.5. The smallest absolute Gasteiger partial charge is 0.224 e. The molecule has 24 heavy (non-hydrogen) atoms. The van der Waals surface area contributed by atoms with Gasteiger partial charge in [0.05, 0.1) is 6.20 Å². The first-order chi connectivity index (χ1) is 11.7. The second-order valence-corrected chi connectivity index (χ2v) is 6.74. The molecule has 3 N–H and O–H groups in total. The first-order valence-corrected chi connectivity index (χ1v) is 8.61. The average Bonchev–Trinajstić information content (AvgIpc) is 3.07. The summed E-state index contributed by atoms with van der Waals surface area (Å²) < 4.78 is 2.03. The number of nitrogens with zero attached hydrogens (tertiary/aromatic N) is 2. The summed E-state index contributed by atoms with van der Waals surface area (Å²) in [4.78, 5) is 11.5. The van der Waals surface area contributed by atoms with Gasteiger partial charge in [0.1, 0.15) is 5.82 Å². The van der Waals surface area contributed by atoms with Crippen molar-refractivity contribution in [3.63, 3.8) is 0 Å². The van der Waals surface area contributed by atoms with Crippen LogP contribution < -0.4 is 16.0 Å². The number of rotatable bonds is 4. The second kappa shape index (κ2) is 6.28. The summed E-state index contributed by atoms with van der Waals surface area (Å²) >= 11 is 0. The average molecular weight is 325 g/mol. The van der Waals surface area contributed by atoms with Gasteiger partial charge >= 0.3 is 0 Å². The van der Waals surface area contributed by atoms with Gasteiger partial charge in [-0.1, -0.05) is 12.1 Å². The first kappa shape index (κ1) is 15.2. The number of carbonyl (C=O) groups is 1. The van der Waals surface area contributed by atoms with Crippen molar-refractivity contribution in [2.45, 2.75) is 32.4 Å². The van der Waals surface area contributed by atoms with E-state index in [2.05, 4.69) is 40.1 Å². The van der Waals surface area contributed by atoms with Crippen molar-refractivity contribution in [3.05, 3.63) is 41.6 Å². The molecule has 6 nitrogen and oxygen atoms in total. The molecule has 2 aliphatic heterocycles. The van der Waals surface area contributed by atoms with Crippen LogP contribution in [0.3, 0.4) is 0 Å². The van der Waals surface area contributed by atoms with Gasteiger partial charge in [0, 0.05) is 49.8 Å². The maximum atomic E-state index is 11.5. The van der Waals surface area contributed by atoms with E-state index in [-0.39, 0.29) is 11.9 Å². The summed E-state index contributed by atoms with van der Waals surface area (Å²) in [6.45, 7) is 5.06. The van der Waals surface area contributed by atoms with Crippen molar-refractivity contribution in [1.29, 1.82) is 0 Å². The minimum Gasteiger partial charge on any atom is -0.370 e. The van der Waals surface area contributed by atoms with E-state index in [0.29, 0.717) is 12.3 Å². The fourth-order valence-electron chi connectivity index (χ4n) is 3.46. The maximum absolute atomic E-state index is 11.5. The number of hydrogen-bond donors (Lipinski definition) is 3. The molecule has 0 radical (unpaired) electrons. The fraction of sp³-hybridized carbons (Fsp3) is 0.444. The third-order valence-corrected chi connectivity index (χ3v) is 4.96. The zero-order chi connectivity index (χ0) is 16.5. The number of amides is 1. The molecule has 1 aromatic carbocycles. The Bertz CT molecular complexity index is 754. The van der Waals surface area contributed by atoms with E-state index in [4.69, 9.17) is 0 Å². The molecular formula is C18H23N5O. The van der Waals surface area contributed by atoms with Crippen LogP contribution >= 0.6 is 0 Å². The van der Waals surface area contributed by atoms with Crippen LogP contribution in [0.25, 0.3) is 0 Å². The van der Waals surface area contributed by atoms with E-state index >= 15 is 0 Å². The molecule has 2 aliphatic rings. The zero-order valence-electron chi connectivity index (χ0n) is 13.9. The molecule has 3 heterocycles. The molecule has 2 aromatic rings. The highest BCUT2D eigenvalue weighted by Crippen LogP contribution is 2.26. The van der Waals surface area contributed by atoms with Crippen LogP contribution in [0.15, 0.2) is 30.5 Å². The van der Waals surface area contributed by atoms with Gasteiger partial charge in [-0.15, -0.1) is 0 Å². The Morgan fingerprint density at radius 2 is 2.29 bits per heavy atom. The molecule has 2 atom stereocenters. The van der Waals surface area contributed by atoms with Gasteiger partial charge in [-0.25, -0.2) is 4.68 Å². The number of hydrogen-bond acceptors (Lipinski definition) is 4. The Morgan fingerprint density at radius 1 is 1.38 bits per heavy atom. The zero-order valence-corrected chi connectivity index (χ0v) is 13.9. The summed E-state index contributed by atoms with van der Waals surface area (Å²) in [5.41, 5.74) is 3.47. The lowest BCUT2D eigenvalue weighted by molar-refractivity contribution is -0.116. The van der Waals surface area contributed by atoms with E-state index < -0.39 is 0 Å². The van der Waals surface area contributed by atoms with Crippen LogP contribution in [-0.4, -0.2) is 28.8 Å². The number of nitrogens with one attached hydrogen (secondary N) is 3. The Hall–Kier alpha value is -2.34. The Balaban J connectivity index is 1.37. The summed E-state index contributed by atoms with van der Waals surface area (Å²) in [6, 6.07) is 8.65. The number of anilines is 2. The predicted molar refractivity (Wildman–Crippen MR) is 94.0 cm³/mol. The van der Waals surface area contributed by atoms with Crippen LogP contribution in [0.4, 0.5) is 11.5 Å². The fourth-order valence-corrected chi connectivity index (χ4v) is 3.46. The monoisotopic (exact) mass is 325 g/mol. The van der Waals surface area contributed by atoms with Gasteiger partial charge in [0.2, 0.25) is 5.91 Å². The van der Waals surface area contributed by atoms with E-state index in [1.807, 2.05) is 23.0 Å². The number of carbonyl (C=O) groups excluding carboxylic acids is 1. The molecule has 126 valence electrons. The van der Waals surface area contributed by atoms with E-state index in [1.165, 1.54) is 11.1 Å². The number of aromatic nitrogens is 2. The third kappa shape index (κ3) is 3.01. The van der Waals surface area contributed by atoms with Crippen molar-refractivity contribution < 1.29 is 4.79 Å². The quantitative estimate of drug-likeness (QED) is 0.806. The third-order valence-electron chi connectivity index (χ3n) is 4.96. The highest BCUT2D eigenvalue weighted by molar-refractivity contribution is 5.93. The molecule has 0 saturated heterocycles. The number of benzene rings is 1. The minimum atomic E-state index is 0.115. The topological polar surface area (TPSA) is 71.0 Å². The molecule has 0 bridgehead atoms. The van der Waals surface area contributed by atoms with Crippen molar-refractivity contribution in [2.75, 3.05) is 23.7 Å². The van der Waals surface area contributed by atoms with Gasteiger partial charge in [-0.2, -0.15) is 5.10 Å². The molecular weight excluding hydrogens is 302 g/mol. The summed E-state index contributed by atoms with van der Waals surface area (Å²) in [5, 5.41) is 14.3. The molecule has 0 spiro atoms. The van der Waals surface area contributed by atoms with Crippen LogP contribution in [0, 0.1) is 5.92 Å². The first-order valence-electron chi connectivity index (χ1n) is 8.61. The van der Waals surface area contributed by atoms with Gasteiger partial charge in [-0.3, -0.25) is 4.79 Å². The molecule has 2 unspecified atom stereocenters. The molecule has 1 amide bonds. The van der Waals surface area contributed by atoms with Crippen LogP contribution in [0.1, 0.15) is 30.5 Å². The molecule has 1 aromatic heterocycles. The van der Waals surface area contributed by atoms with Crippen LogP contribution in [0.5, 0.6) is 0 Å². The molecule has 0 fully saturated rings. The summed E-state index contributed by atoms with van der Waals surface area (Å²) in [5.74, 6) is 1.75. The maximum Gasteiger partial charge on any atom is 0.224 e. The molecule has 6 heteroatoms. The SMILES string of the molecule is CC(NCC1CNc2ccnn2C1)c1ccc2c(c1)CCC(=O)N2. The predicted octanol–water partition coefficient (Wildman–Crippen LogP) is 2.16. The lowest BCUT2D eigenvalue weighted by atomic mass is 9.97. The standard InChI is InChI=1S/C18H23N5O/c1-12(14-2-4-16-15(8-14)3-5-18(24)22-16)19-9-13-10-20-17-6-7-21-23(17)11-13/h2,4,6-8,12-13,19-20H,3,5,9-11H2,1H3,(H,22,24). The van der Waals surface area contributed by atoms with Crippen molar-refractivity contribution in [1.82, 2.24) is 15.1 Å². The van der Waals surface area contributed by atoms with Crippen molar-refractivity contribution in [3.8, 4) is 0 Å². The number of aryl methyl sites for hydroxylation is 1.